The topological polar surface area (TPSA) is 59.5 Å². The van der Waals surface area contributed by atoms with Crippen molar-refractivity contribution >= 4 is 23.2 Å². The highest BCUT2D eigenvalue weighted by Gasteiger charge is 2.28. The van der Waals surface area contributed by atoms with Crippen LogP contribution in [0.4, 0.5) is 0 Å². The van der Waals surface area contributed by atoms with E-state index < -0.39 is 5.97 Å². The first-order chi connectivity index (χ1) is 14.3. The molecule has 1 saturated carbocycles. The van der Waals surface area contributed by atoms with Gasteiger partial charge < -0.3 is 9.64 Å². The van der Waals surface area contributed by atoms with E-state index in [0.29, 0.717) is 24.4 Å². The molecule has 1 heterocycles. The van der Waals surface area contributed by atoms with E-state index in [1.54, 1.807) is 12.3 Å². The van der Waals surface area contributed by atoms with Gasteiger partial charge in [-0.15, -0.1) is 11.3 Å². The molecule has 5 nitrogen and oxygen atoms in total. The van der Waals surface area contributed by atoms with Crippen molar-refractivity contribution in [2.75, 3.05) is 6.61 Å². The number of ether oxygens (including phenoxy) is 1. The average Bonchev–Trinajstić information content (AvgIpc) is 3.21. The van der Waals surface area contributed by atoms with Crippen LogP contribution in [0.2, 0.25) is 0 Å². The number of hydrogen-bond acceptors (Lipinski definition) is 5. The van der Waals surface area contributed by atoms with Crippen molar-refractivity contribution in [3.8, 4) is 0 Å². The fourth-order valence-electron chi connectivity index (χ4n) is 3.87. The van der Waals surface area contributed by atoms with Gasteiger partial charge in [0.2, 0.25) is 0 Å². The number of thiazole rings is 1. The minimum absolute atomic E-state index is 0.0373. The third kappa shape index (κ3) is 5.48. The number of esters is 1. The largest absolute Gasteiger partial charge is 0.461 e. The first kappa shape index (κ1) is 22.5. The highest BCUT2D eigenvalue weighted by Crippen LogP contribution is 2.28. The van der Waals surface area contributed by atoms with E-state index >= 15 is 0 Å². The summed E-state index contributed by atoms with van der Waals surface area (Å²) in [6.45, 7) is 9.03. The van der Waals surface area contributed by atoms with Gasteiger partial charge in [-0.25, -0.2) is 9.78 Å². The van der Waals surface area contributed by atoms with Crippen LogP contribution in [0.25, 0.3) is 0 Å². The molecule has 1 aromatic carbocycles. The van der Waals surface area contributed by atoms with Gasteiger partial charge in [0.15, 0.2) is 5.69 Å². The Kier molecular flexibility index (Phi) is 7.29. The van der Waals surface area contributed by atoms with E-state index in [0.717, 1.165) is 30.7 Å². The van der Waals surface area contributed by atoms with E-state index in [9.17, 15) is 9.59 Å². The normalized spacial score (nSPS) is 15.1. The number of benzene rings is 1. The van der Waals surface area contributed by atoms with E-state index in [-0.39, 0.29) is 17.4 Å². The molecule has 0 aliphatic heterocycles. The number of nitrogens with zero attached hydrogens (tertiary/aromatic N) is 2. The van der Waals surface area contributed by atoms with Crippen molar-refractivity contribution < 1.29 is 14.3 Å². The molecule has 0 bridgehead atoms. The summed E-state index contributed by atoms with van der Waals surface area (Å²) in [6.07, 6.45) is 5.54. The van der Waals surface area contributed by atoms with Gasteiger partial charge in [0.1, 0.15) is 5.01 Å². The predicted octanol–water partition coefficient (Wildman–Crippen LogP) is 5.59. The summed E-state index contributed by atoms with van der Waals surface area (Å²) in [5.74, 6) is -0.372. The maximum absolute atomic E-state index is 13.5. The van der Waals surface area contributed by atoms with Crippen molar-refractivity contribution in [2.24, 2.45) is 0 Å². The second kappa shape index (κ2) is 9.73. The van der Waals surface area contributed by atoms with Crippen molar-refractivity contribution in [2.45, 2.75) is 77.8 Å². The summed E-state index contributed by atoms with van der Waals surface area (Å²) in [5, 5.41) is 2.48. The molecule has 1 aliphatic carbocycles. The number of hydrogen-bond donors (Lipinski definition) is 0. The van der Waals surface area contributed by atoms with Gasteiger partial charge in [0, 0.05) is 17.0 Å². The summed E-state index contributed by atoms with van der Waals surface area (Å²) in [4.78, 5) is 31.8. The highest BCUT2D eigenvalue weighted by atomic mass is 32.1. The van der Waals surface area contributed by atoms with E-state index in [2.05, 4.69) is 37.9 Å². The van der Waals surface area contributed by atoms with E-state index in [1.165, 1.54) is 23.3 Å². The fourth-order valence-corrected chi connectivity index (χ4v) is 4.63. The molecular formula is C24H32N2O3S. The third-order valence-corrected chi connectivity index (χ3v) is 6.45. The van der Waals surface area contributed by atoms with Gasteiger partial charge in [0.25, 0.3) is 5.91 Å². The van der Waals surface area contributed by atoms with Crippen molar-refractivity contribution in [1.29, 1.82) is 0 Å². The monoisotopic (exact) mass is 428 g/mol. The number of aromatic nitrogens is 1. The molecule has 1 aromatic heterocycles. The van der Waals surface area contributed by atoms with Crippen LogP contribution in [-0.2, 0) is 16.7 Å². The minimum atomic E-state index is -0.409. The average molecular weight is 429 g/mol. The smallest absolute Gasteiger partial charge is 0.357 e. The lowest BCUT2D eigenvalue weighted by molar-refractivity contribution is 0.0520. The Morgan fingerprint density at radius 2 is 1.80 bits per heavy atom. The van der Waals surface area contributed by atoms with E-state index in [4.69, 9.17) is 4.74 Å². The molecule has 2 aromatic rings. The van der Waals surface area contributed by atoms with Gasteiger partial charge in [-0.3, -0.25) is 4.79 Å². The zero-order valence-electron chi connectivity index (χ0n) is 18.4. The molecule has 0 spiro atoms. The molecule has 0 saturated heterocycles. The third-order valence-electron chi connectivity index (χ3n) is 5.62. The van der Waals surface area contributed by atoms with E-state index in [1.807, 2.05) is 17.0 Å². The first-order valence-corrected chi connectivity index (χ1v) is 11.7. The molecule has 0 N–H and O–H groups in total. The molecule has 0 unspecified atom stereocenters. The first-order valence-electron chi connectivity index (χ1n) is 10.8. The molecule has 1 amide bonds. The highest BCUT2D eigenvalue weighted by molar-refractivity contribution is 7.09. The zero-order chi connectivity index (χ0) is 21.7. The van der Waals surface area contributed by atoms with Crippen molar-refractivity contribution in [3.05, 3.63) is 51.5 Å². The molecule has 1 fully saturated rings. The van der Waals surface area contributed by atoms with Gasteiger partial charge in [-0.1, -0.05) is 52.2 Å². The maximum Gasteiger partial charge on any atom is 0.357 e. The Morgan fingerprint density at radius 1 is 1.13 bits per heavy atom. The summed E-state index contributed by atoms with van der Waals surface area (Å²) in [5.41, 5.74) is 2.29. The minimum Gasteiger partial charge on any atom is -0.461 e. The van der Waals surface area contributed by atoms with Crippen LogP contribution in [0.5, 0.6) is 0 Å². The number of carbonyl (C=O) groups is 2. The quantitative estimate of drug-likeness (QED) is 0.563. The Labute approximate surface area is 183 Å². The van der Waals surface area contributed by atoms with Crippen LogP contribution in [0.1, 0.15) is 91.2 Å². The van der Waals surface area contributed by atoms with Crippen LogP contribution in [-0.4, -0.2) is 34.4 Å². The van der Waals surface area contributed by atoms with Crippen LogP contribution in [0.15, 0.2) is 29.6 Å². The Bertz CT molecular complexity index is 861. The molecule has 3 rings (SSSR count). The number of amides is 1. The van der Waals surface area contributed by atoms with Gasteiger partial charge in [0.05, 0.1) is 13.2 Å². The Morgan fingerprint density at radius 3 is 2.40 bits per heavy atom. The van der Waals surface area contributed by atoms with Crippen molar-refractivity contribution in [3.63, 3.8) is 0 Å². The molecule has 162 valence electrons. The lowest BCUT2D eigenvalue weighted by atomic mass is 9.86. The second-order valence-electron chi connectivity index (χ2n) is 8.90. The zero-order valence-corrected chi connectivity index (χ0v) is 19.3. The summed E-state index contributed by atoms with van der Waals surface area (Å²) in [7, 11) is 0. The second-order valence-corrected chi connectivity index (χ2v) is 9.84. The lowest BCUT2D eigenvalue weighted by Crippen LogP contribution is -2.41. The van der Waals surface area contributed by atoms with Gasteiger partial charge >= 0.3 is 5.97 Å². The molecular weight excluding hydrogens is 396 g/mol. The molecule has 0 radical (unpaired) electrons. The van der Waals surface area contributed by atoms with Gasteiger partial charge in [-0.2, -0.15) is 0 Å². The Hall–Kier alpha value is -2.21. The molecule has 30 heavy (non-hydrogen) atoms. The van der Waals surface area contributed by atoms with Crippen molar-refractivity contribution in [1.82, 2.24) is 9.88 Å². The van der Waals surface area contributed by atoms with Crippen LogP contribution >= 0.6 is 11.3 Å². The summed E-state index contributed by atoms with van der Waals surface area (Å²) < 4.78 is 5.04. The Balaban J connectivity index is 1.82. The predicted molar refractivity (Wildman–Crippen MR) is 120 cm³/mol. The number of carbonyl (C=O) groups excluding carboxylic acids is 2. The van der Waals surface area contributed by atoms with Gasteiger partial charge in [-0.05, 0) is 42.9 Å². The van der Waals surface area contributed by atoms with Crippen LogP contribution in [0, 0.1) is 0 Å². The lowest BCUT2D eigenvalue weighted by Gasteiger charge is -2.34. The number of rotatable bonds is 6. The maximum atomic E-state index is 13.5. The SMILES string of the molecule is CCOC(=O)c1csc(CN(C(=O)c2ccc(C(C)(C)C)cc2)C2CCCCC2)n1. The molecule has 1 aliphatic rings. The standard InChI is InChI=1S/C24H32N2O3S/c1-5-29-23(28)20-16-30-21(25-20)15-26(19-9-7-6-8-10-19)22(27)17-11-13-18(14-12-17)24(2,3)4/h11-14,16,19H,5-10,15H2,1-4H3. The summed E-state index contributed by atoms with van der Waals surface area (Å²) in [6, 6.07) is 8.18. The van der Waals surface area contributed by atoms with Crippen LogP contribution < -0.4 is 0 Å². The van der Waals surface area contributed by atoms with Crippen LogP contribution in [0.3, 0.4) is 0 Å². The fraction of sp³-hybridized carbons (Fsp3) is 0.542. The molecule has 0 atom stereocenters. The molecule has 6 heteroatoms. The summed E-state index contributed by atoms with van der Waals surface area (Å²) >= 11 is 1.41.